The molecule has 0 saturated carbocycles. The van der Waals surface area contributed by atoms with Crippen LogP contribution in [0, 0.1) is 12.8 Å². The van der Waals surface area contributed by atoms with Crippen LogP contribution in [0.3, 0.4) is 0 Å². The van der Waals surface area contributed by atoms with Crippen LogP contribution in [-0.2, 0) is 0 Å². The van der Waals surface area contributed by atoms with E-state index in [1.807, 2.05) is 16.8 Å². The first kappa shape index (κ1) is 11.5. The number of aromatic nitrogens is 3. The maximum absolute atomic E-state index is 5.76. The van der Waals surface area contributed by atoms with Crippen LogP contribution < -0.4 is 10.6 Å². The van der Waals surface area contributed by atoms with Gasteiger partial charge in [0.1, 0.15) is 0 Å². The van der Waals surface area contributed by atoms with Crippen molar-refractivity contribution < 1.29 is 0 Å². The predicted molar refractivity (Wildman–Crippen MR) is 71.7 cm³/mol. The van der Waals surface area contributed by atoms with E-state index in [-0.39, 0.29) is 0 Å². The predicted octanol–water partition coefficient (Wildman–Crippen LogP) is 1.21. The number of nitrogens with two attached hydrogens (primary N) is 1. The van der Waals surface area contributed by atoms with E-state index in [2.05, 4.69) is 34.9 Å². The molecule has 2 aromatic heterocycles. The largest absolute Gasteiger partial charge is 0.336 e. The number of anilines is 1. The zero-order chi connectivity index (χ0) is 12.7. The highest BCUT2D eigenvalue weighted by molar-refractivity contribution is 5.51. The summed E-state index contributed by atoms with van der Waals surface area (Å²) in [4.78, 5) is 6.92. The lowest BCUT2D eigenvalue weighted by molar-refractivity contribution is 0.579. The van der Waals surface area contributed by atoms with Gasteiger partial charge in [-0.1, -0.05) is 6.07 Å². The molecule has 0 aliphatic carbocycles. The highest BCUT2D eigenvalue weighted by Gasteiger charge is 2.30. The van der Waals surface area contributed by atoms with Crippen LogP contribution in [-0.4, -0.2) is 33.7 Å². The quantitative estimate of drug-likeness (QED) is 0.864. The minimum atomic E-state index is 0.469. The Hall–Kier alpha value is -1.62. The lowest BCUT2D eigenvalue weighted by Crippen LogP contribution is -2.28. The van der Waals surface area contributed by atoms with Gasteiger partial charge in [0.05, 0.1) is 0 Å². The summed E-state index contributed by atoms with van der Waals surface area (Å²) in [5.41, 5.74) is 7.85. The van der Waals surface area contributed by atoms with E-state index in [1.54, 1.807) is 0 Å². The summed E-state index contributed by atoms with van der Waals surface area (Å²) in [6, 6.07) is 4.53. The Labute approximate surface area is 107 Å². The third-order valence-electron chi connectivity index (χ3n) is 3.80. The topological polar surface area (TPSA) is 59.5 Å². The molecule has 2 unspecified atom stereocenters. The fourth-order valence-corrected chi connectivity index (χ4v) is 2.74. The van der Waals surface area contributed by atoms with Gasteiger partial charge in [0.2, 0.25) is 5.95 Å². The number of hydrogen-bond donors (Lipinski definition) is 1. The van der Waals surface area contributed by atoms with Gasteiger partial charge in [0.15, 0.2) is 5.65 Å². The van der Waals surface area contributed by atoms with E-state index < -0.39 is 0 Å². The maximum Gasteiger partial charge on any atom is 0.245 e. The SMILES string of the molecule is Cc1cccn2nc(N3CC(CN)CC3C)nc12. The van der Waals surface area contributed by atoms with Gasteiger partial charge in [-0.05, 0) is 44.4 Å². The normalized spacial score (nSPS) is 24.1. The Bertz CT molecular complexity index is 562. The molecule has 18 heavy (non-hydrogen) atoms. The lowest BCUT2D eigenvalue weighted by atomic mass is 10.1. The summed E-state index contributed by atoms with van der Waals surface area (Å²) in [6.07, 6.45) is 3.07. The lowest BCUT2D eigenvalue weighted by Gasteiger charge is -2.18. The molecule has 5 heteroatoms. The third-order valence-corrected chi connectivity index (χ3v) is 3.80. The molecule has 1 saturated heterocycles. The minimum absolute atomic E-state index is 0.469. The van der Waals surface area contributed by atoms with Crippen molar-refractivity contribution in [2.24, 2.45) is 11.7 Å². The van der Waals surface area contributed by atoms with Crippen molar-refractivity contribution in [1.82, 2.24) is 14.6 Å². The standard InChI is InChI=1S/C13H19N5/c1-9-4-3-5-18-12(9)15-13(16-18)17-8-11(7-14)6-10(17)2/h3-5,10-11H,6-8,14H2,1-2H3. The summed E-state index contributed by atoms with van der Waals surface area (Å²) >= 11 is 0. The van der Waals surface area contributed by atoms with Gasteiger partial charge in [-0.25, -0.2) is 4.52 Å². The van der Waals surface area contributed by atoms with Crippen LogP contribution in [0.4, 0.5) is 5.95 Å². The van der Waals surface area contributed by atoms with Gasteiger partial charge in [-0.15, -0.1) is 5.10 Å². The number of pyridine rings is 1. The Kier molecular flexibility index (Phi) is 2.70. The van der Waals surface area contributed by atoms with Gasteiger partial charge in [0, 0.05) is 18.8 Å². The number of aryl methyl sites for hydroxylation is 1. The van der Waals surface area contributed by atoms with Gasteiger partial charge < -0.3 is 10.6 Å². The van der Waals surface area contributed by atoms with Crippen molar-refractivity contribution in [1.29, 1.82) is 0 Å². The minimum Gasteiger partial charge on any atom is -0.336 e. The molecule has 96 valence electrons. The smallest absolute Gasteiger partial charge is 0.245 e. The van der Waals surface area contributed by atoms with Crippen molar-refractivity contribution in [3.05, 3.63) is 23.9 Å². The second kappa shape index (κ2) is 4.24. The molecule has 0 aromatic carbocycles. The molecule has 2 atom stereocenters. The van der Waals surface area contributed by atoms with Gasteiger partial charge in [0.25, 0.3) is 0 Å². The van der Waals surface area contributed by atoms with Crippen molar-refractivity contribution in [2.75, 3.05) is 18.0 Å². The Morgan fingerprint density at radius 1 is 1.50 bits per heavy atom. The molecule has 0 bridgehead atoms. The molecule has 1 aliphatic heterocycles. The Morgan fingerprint density at radius 2 is 2.33 bits per heavy atom. The zero-order valence-corrected chi connectivity index (χ0v) is 10.9. The van der Waals surface area contributed by atoms with E-state index in [9.17, 15) is 0 Å². The zero-order valence-electron chi connectivity index (χ0n) is 10.9. The van der Waals surface area contributed by atoms with E-state index in [0.29, 0.717) is 12.0 Å². The van der Waals surface area contributed by atoms with Crippen molar-refractivity contribution >= 4 is 11.6 Å². The molecule has 3 heterocycles. The average molecular weight is 245 g/mol. The number of rotatable bonds is 2. The van der Waals surface area contributed by atoms with E-state index >= 15 is 0 Å². The third kappa shape index (κ3) is 1.75. The van der Waals surface area contributed by atoms with Crippen LogP contribution in [0.25, 0.3) is 5.65 Å². The van der Waals surface area contributed by atoms with E-state index in [1.165, 1.54) is 0 Å². The molecule has 0 radical (unpaired) electrons. The van der Waals surface area contributed by atoms with Crippen molar-refractivity contribution in [2.45, 2.75) is 26.3 Å². The fourth-order valence-electron chi connectivity index (χ4n) is 2.74. The summed E-state index contributed by atoms with van der Waals surface area (Å²) < 4.78 is 1.85. The van der Waals surface area contributed by atoms with Gasteiger partial charge in [-0.2, -0.15) is 4.98 Å². The summed E-state index contributed by atoms with van der Waals surface area (Å²) in [5, 5.41) is 4.57. The number of fused-ring (bicyclic) bond motifs is 1. The fraction of sp³-hybridized carbons (Fsp3) is 0.538. The van der Waals surface area contributed by atoms with Crippen LogP contribution in [0.2, 0.25) is 0 Å². The van der Waals surface area contributed by atoms with Crippen LogP contribution in [0.15, 0.2) is 18.3 Å². The maximum atomic E-state index is 5.76. The van der Waals surface area contributed by atoms with Crippen LogP contribution >= 0.6 is 0 Å². The summed E-state index contributed by atoms with van der Waals surface area (Å²) in [7, 11) is 0. The summed E-state index contributed by atoms with van der Waals surface area (Å²) in [5.74, 6) is 1.39. The Balaban J connectivity index is 1.97. The molecule has 3 rings (SSSR count). The number of nitrogens with zero attached hydrogens (tertiary/aromatic N) is 4. The average Bonchev–Trinajstić information content (AvgIpc) is 2.93. The molecule has 2 aromatic rings. The molecule has 1 aliphatic rings. The first-order valence-corrected chi connectivity index (χ1v) is 6.47. The molecule has 0 spiro atoms. The van der Waals surface area contributed by atoms with E-state index in [4.69, 9.17) is 5.73 Å². The molecule has 5 nitrogen and oxygen atoms in total. The first-order chi connectivity index (χ1) is 8.69. The van der Waals surface area contributed by atoms with Crippen molar-refractivity contribution in [3.63, 3.8) is 0 Å². The van der Waals surface area contributed by atoms with Gasteiger partial charge >= 0.3 is 0 Å². The monoisotopic (exact) mass is 245 g/mol. The molecular formula is C13H19N5. The molecule has 2 N–H and O–H groups in total. The second-order valence-electron chi connectivity index (χ2n) is 5.21. The highest BCUT2D eigenvalue weighted by Crippen LogP contribution is 2.26. The first-order valence-electron chi connectivity index (χ1n) is 6.47. The summed E-state index contributed by atoms with van der Waals surface area (Å²) in [6.45, 7) is 5.99. The Morgan fingerprint density at radius 3 is 3.00 bits per heavy atom. The molecule has 1 fully saturated rings. The highest BCUT2D eigenvalue weighted by atomic mass is 15.4. The van der Waals surface area contributed by atoms with Gasteiger partial charge in [-0.3, -0.25) is 0 Å². The second-order valence-corrected chi connectivity index (χ2v) is 5.21. The van der Waals surface area contributed by atoms with Crippen LogP contribution in [0.1, 0.15) is 18.9 Å². The van der Waals surface area contributed by atoms with E-state index in [0.717, 1.165) is 36.7 Å². The van der Waals surface area contributed by atoms with Crippen molar-refractivity contribution in [3.8, 4) is 0 Å². The number of hydrogen-bond acceptors (Lipinski definition) is 4. The van der Waals surface area contributed by atoms with Crippen LogP contribution in [0.5, 0.6) is 0 Å². The molecular weight excluding hydrogens is 226 g/mol. The molecule has 0 amide bonds.